The van der Waals surface area contributed by atoms with E-state index in [1.807, 2.05) is 0 Å². The van der Waals surface area contributed by atoms with Crippen molar-refractivity contribution < 1.29 is 9.53 Å². The number of hydrogen-bond donors (Lipinski definition) is 0. The van der Waals surface area contributed by atoms with E-state index < -0.39 is 17.5 Å². The molecular formula is C12H16N4O4. The van der Waals surface area contributed by atoms with Gasteiger partial charge in [-0.3, -0.25) is 23.3 Å². The molecule has 20 heavy (non-hydrogen) atoms. The molecule has 0 aliphatic rings. The fourth-order valence-electron chi connectivity index (χ4n) is 1.97. The van der Waals surface area contributed by atoms with E-state index in [0.717, 1.165) is 4.57 Å². The summed E-state index contributed by atoms with van der Waals surface area (Å²) in [5, 5.41) is 0. The highest BCUT2D eigenvalue weighted by Crippen LogP contribution is 2.14. The summed E-state index contributed by atoms with van der Waals surface area (Å²) in [6.07, 6.45) is 0.963. The molecule has 2 aromatic rings. The van der Waals surface area contributed by atoms with Gasteiger partial charge in [0.05, 0.1) is 0 Å². The molecule has 0 fully saturated rings. The lowest BCUT2D eigenvalue weighted by Crippen LogP contribution is -2.37. The topological polar surface area (TPSA) is 88.1 Å². The molecule has 0 saturated carbocycles. The second kappa shape index (κ2) is 4.95. The van der Waals surface area contributed by atoms with Crippen LogP contribution in [0.15, 0.2) is 15.9 Å². The Morgan fingerprint density at radius 2 is 2.00 bits per heavy atom. The van der Waals surface area contributed by atoms with E-state index in [2.05, 4.69) is 4.98 Å². The maximum Gasteiger partial charge on any atom is 0.332 e. The van der Waals surface area contributed by atoms with E-state index in [-0.39, 0.29) is 23.6 Å². The minimum atomic E-state index is -0.669. The van der Waals surface area contributed by atoms with Crippen molar-refractivity contribution in [2.75, 3.05) is 0 Å². The van der Waals surface area contributed by atoms with Gasteiger partial charge in [-0.1, -0.05) is 6.92 Å². The molecule has 0 aliphatic carbocycles. The molecule has 0 aromatic carbocycles. The minimum absolute atomic E-state index is 0.228. The van der Waals surface area contributed by atoms with Crippen LogP contribution < -0.4 is 11.2 Å². The highest BCUT2D eigenvalue weighted by Gasteiger charge is 2.19. The van der Waals surface area contributed by atoms with Gasteiger partial charge in [0.15, 0.2) is 17.4 Å². The summed E-state index contributed by atoms with van der Waals surface area (Å²) in [5.74, 6) is -0.374. The fourth-order valence-corrected chi connectivity index (χ4v) is 1.97. The largest absolute Gasteiger partial charge is 0.441 e. The molecule has 0 radical (unpaired) electrons. The maximum atomic E-state index is 12.2. The molecule has 0 bridgehead atoms. The highest BCUT2D eigenvalue weighted by molar-refractivity contribution is 5.71. The van der Waals surface area contributed by atoms with Crippen LogP contribution >= 0.6 is 0 Å². The van der Waals surface area contributed by atoms with Crippen molar-refractivity contribution in [3.8, 4) is 0 Å². The van der Waals surface area contributed by atoms with Crippen LogP contribution in [0.4, 0.5) is 0 Å². The van der Waals surface area contributed by atoms with Crippen LogP contribution in [0.25, 0.3) is 11.2 Å². The molecule has 1 atom stereocenters. The monoisotopic (exact) mass is 280 g/mol. The van der Waals surface area contributed by atoms with Gasteiger partial charge in [0.25, 0.3) is 5.56 Å². The van der Waals surface area contributed by atoms with Gasteiger partial charge in [-0.05, 0) is 6.92 Å². The number of ether oxygens (including phenoxy) is 1. The Morgan fingerprint density at radius 1 is 1.35 bits per heavy atom. The maximum absolute atomic E-state index is 12.2. The van der Waals surface area contributed by atoms with Gasteiger partial charge in [0, 0.05) is 20.5 Å². The number of hydrogen-bond acceptors (Lipinski definition) is 5. The van der Waals surface area contributed by atoms with Gasteiger partial charge in [-0.15, -0.1) is 0 Å². The molecule has 8 heteroatoms. The molecule has 108 valence electrons. The number of carbonyl (C=O) groups is 1. The average Bonchev–Trinajstić information content (AvgIpc) is 2.87. The summed E-state index contributed by atoms with van der Waals surface area (Å²) in [6.45, 7) is 3.32. The molecule has 0 amide bonds. The lowest BCUT2D eigenvalue weighted by Gasteiger charge is -2.15. The zero-order chi connectivity index (χ0) is 15.0. The SMILES string of the molecule is CCC(=O)OC(C)n1cnc2c1c(=O)n(C)c(=O)n2C. The number of nitrogens with zero attached hydrogens (tertiary/aromatic N) is 4. The molecule has 1 unspecified atom stereocenters. The van der Waals surface area contributed by atoms with Crippen molar-refractivity contribution >= 4 is 17.1 Å². The van der Waals surface area contributed by atoms with Crippen molar-refractivity contribution in [2.45, 2.75) is 26.5 Å². The number of rotatable bonds is 3. The summed E-state index contributed by atoms with van der Waals surface area (Å²) in [4.78, 5) is 39.4. The third-order valence-corrected chi connectivity index (χ3v) is 3.16. The lowest BCUT2D eigenvalue weighted by molar-refractivity contribution is -0.151. The van der Waals surface area contributed by atoms with Gasteiger partial charge < -0.3 is 4.74 Å². The lowest BCUT2D eigenvalue weighted by atomic mass is 10.4. The second-order valence-corrected chi connectivity index (χ2v) is 4.47. The Morgan fingerprint density at radius 3 is 2.60 bits per heavy atom. The smallest absolute Gasteiger partial charge is 0.332 e. The number of aryl methyl sites for hydroxylation is 1. The summed E-state index contributed by atoms with van der Waals surface area (Å²) in [5.41, 5.74) is -0.436. The van der Waals surface area contributed by atoms with Gasteiger partial charge in [-0.25, -0.2) is 9.78 Å². The third-order valence-electron chi connectivity index (χ3n) is 3.16. The van der Waals surface area contributed by atoms with Crippen molar-refractivity contribution in [1.29, 1.82) is 0 Å². The number of carbonyl (C=O) groups excluding carboxylic acids is 1. The molecule has 0 spiro atoms. The first-order valence-electron chi connectivity index (χ1n) is 6.20. The van der Waals surface area contributed by atoms with Crippen LogP contribution in [0.3, 0.4) is 0 Å². The summed E-state index contributed by atoms with van der Waals surface area (Å²) >= 11 is 0. The molecule has 2 rings (SSSR count). The Kier molecular flexibility index (Phi) is 3.47. The second-order valence-electron chi connectivity index (χ2n) is 4.47. The van der Waals surface area contributed by atoms with E-state index in [1.165, 1.54) is 29.6 Å². The summed E-state index contributed by atoms with van der Waals surface area (Å²) in [6, 6.07) is 0. The average molecular weight is 280 g/mol. The van der Waals surface area contributed by atoms with Crippen LogP contribution in [0.2, 0.25) is 0 Å². The minimum Gasteiger partial charge on any atom is -0.441 e. The molecule has 2 aromatic heterocycles. The molecular weight excluding hydrogens is 264 g/mol. The molecule has 8 nitrogen and oxygen atoms in total. The van der Waals surface area contributed by atoms with Gasteiger partial charge in [0.2, 0.25) is 0 Å². The summed E-state index contributed by atoms with van der Waals surface area (Å²) < 4.78 is 8.89. The van der Waals surface area contributed by atoms with E-state index in [9.17, 15) is 14.4 Å². The first kappa shape index (κ1) is 14.0. The van der Waals surface area contributed by atoms with Crippen molar-refractivity contribution in [3.05, 3.63) is 27.2 Å². The van der Waals surface area contributed by atoms with E-state index in [1.54, 1.807) is 13.8 Å². The zero-order valence-electron chi connectivity index (χ0n) is 11.8. The Bertz CT molecular complexity index is 783. The number of aromatic nitrogens is 4. The Hall–Kier alpha value is -2.38. The quantitative estimate of drug-likeness (QED) is 0.733. The van der Waals surface area contributed by atoms with Crippen LogP contribution in [0, 0.1) is 0 Å². The van der Waals surface area contributed by atoms with Gasteiger partial charge in [-0.2, -0.15) is 0 Å². The molecule has 0 N–H and O–H groups in total. The predicted octanol–water partition coefficient (Wildman–Crippen LogP) is -0.0946. The van der Waals surface area contributed by atoms with Crippen LogP contribution in [0.5, 0.6) is 0 Å². The Labute approximate surface area is 114 Å². The predicted molar refractivity (Wildman–Crippen MR) is 71.3 cm³/mol. The van der Waals surface area contributed by atoms with Crippen LogP contribution in [0.1, 0.15) is 26.5 Å². The third kappa shape index (κ3) is 2.02. The standard InChI is InChI=1S/C12H16N4O4/c1-5-8(17)20-7(2)16-6-13-10-9(16)11(18)15(4)12(19)14(10)3/h6-7H,5H2,1-4H3. The van der Waals surface area contributed by atoms with Gasteiger partial charge >= 0.3 is 11.7 Å². The fraction of sp³-hybridized carbons (Fsp3) is 0.500. The first-order valence-corrected chi connectivity index (χ1v) is 6.20. The summed E-state index contributed by atoms with van der Waals surface area (Å²) in [7, 11) is 2.92. The number of esters is 1. The Balaban J connectivity index is 2.66. The number of imidazole rings is 1. The zero-order valence-corrected chi connectivity index (χ0v) is 11.8. The first-order chi connectivity index (χ1) is 9.38. The van der Waals surface area contributed by atoms with Crippen molar-refractivity contribution in [1.82, 2.24) is 18.7 Å². The van der Waals surface area contributed by atoms with Crippen molar-refractivity contribution in [3.63, 3.8) is 0 Å². The van der Waals surface area contributed by atoms with Crippen LogP contribution in [-0.4, -0.2) is 24.7 Å². The molecule has 0 saturated heterocycles. The van der Waals surface area contributed by atoms with Gasteiger partial charge in [0.1, 0.15) is 6.33 Å². The van der Waals surface area contributed by atoms with Crippen molar-refractivity contribution in [2.24, 2.45) is 14.1 Å². The highest BCUT2D eigenvalue weighted by atomic mass is 16.6. The molecule has 2 heterocycles. The van der Waals surface area contributed by atoms with E-state index in [4.69, 9.17) is 4.74 Å². The van der Waals surface area contributed by atoms with E-state index in [0.29, 0.717) is 0 Å². The van der Waals surface area contributed by atoms with Crippen LogP contribution in [-0.2, 0) is 23.6 Å². The number of fused-ring (bicyclic) bond motifs is 1. The molecule has 0 aliphatic heterocycles. The van der Waals surface area contributed by atoms with E-state index >= 15 is 0 Å². The normalized spacial score (nSPS) is 12.6.